The molecule has 0 aliphatic rings. The van der Waals surface area contributed by atoms with Crippen molar-refractivity contribution in [2.75, 3.05) is 7.05 Å². The predicted molar refractivity (Wildman–Crippen MR) is 83.4 cm³/mol. The highest BCUT2D eigenvalue weighted by atomic mass is 79.9. The van der Waals surface area contributed by atoms with Crippen LogP contribution in [0.3, 0.4) is 0 Å². The lowest BCUT2D eigenvalue weighted by Gasteiger charge is -2.14. The van der Waals surface area contributed by atoms with Crippen LogP contribution in [0.4, 0.5) is 0 Å². The Morgan fingerprint density at radius 1 is 1.16 bits per heavy atom. The molecule has 1 aromatic carbocycles. The van der Waals surface area contributed by atoms with Crippen LogP contribution in [-0.2, 0) is 6.54 Å². The fourth-order valence-corrected chi connectivity index (χ4v) is 2.91. The molecule has 0 bridgehead atoms. The Hall–Kier alpha value is -1.13. The summed E-state index contributed by atoms with van der Waals surface area (Å²) in [6.07, 6.45) is 0. The summed E-state index contributed by atoms with van der Waals surface area (Å²) in [6.45, 7) is 9.41. The van der Waals surface area contributed by atoms with Gasteiger partial charge in [-0.3, -0.25) is 5.10 Å². The molecule has 0 aliphatic heterocycles. The molecule has 3 nitrogen and oxygen atoms in total. The van der Waals surface area contributed by atoms with Gasteiger partial charge in [0.1, 0.15) is 5.69 Å². The monoisotopic (exact) mass is 321 g/mol. The van der Waals surface area contributed by atoms with E-state index in [-0.39, 0.29) is 0 Å². The summed E-state index contributed by atoms with van der Waals surface area (Å²) >= 11 is 3.67. The molecule has 1 heterocycles. The fourth-order valence-electron chi connectivity index (χ4n) is 2.40. The normalized spacial score (nSPS) is 11.1. The molecule has 0 spiro atoms. The first-order chi connectivity index (χ1) is 8.97. The number of rotatable bonds is 3. The molecule has 19 heavy (non-hydrogen) atoms. The van der Waals surface area contributed by atoms with Gasteiger partial charge in [0, 0.05) is 12.1 Å². The van der Waals surface area contributed by atoms with E-state index in [1.807, 2.05) is 7.05 Å². The van der Waals surface area contributed by atoms with Gasteiger partial charge >= 0.3 is 0 Å². The van der Waals surface area contributed by atoms with E-state index >= 15 is 0 Å². The first-order valence-corrected chi connectivity index (χ1v) is 7.21. The van der Waals surface area contributed by atoms with Gasteiger partial charge < -0.3 is 5.32 Å². The maximum atomic E-state index is 4.50. The number of nitrogens with one attached hydrogen (secondary N) is 2. The smallest absolute Gasteiger partial charge is 0.107 e. The number of H-pyrrole nitrogens is 1. The number of benzene rings is 1. The van der Waals surface area contributed by atoms with Crippen molar-refractivity contribution >= 4 is 15.9 Å². The van der Waals surface area contributed by atoms with Crippen molar-refractivity contribution in [3.8, 4) is 11.3 Å². The average Bonchev–Trinajstić information content (AvgIpc) is 2.71. The highest BCUT2D eigenvalue weighted by Crippen LogP contribution is 2.35. The lowest BCUT2D eigenvalue weighted by molar-refractivity contribution is 0.781. The Morgan fingerprint density at radius 3 is 2.26 bits per heavy atom. The molecule has 102 valence electrons. The number of nitrogens with zero attached hydrogens (tertiary/aromatic N) is 1. The van der Waals surface area contributed by atoms with Crippen LogP contribution in [0.2, 0.25) is 0 Å². The van der Waals surface area contributed by atoms with Gasteiger partial charge in [0.15, 0.2) is 0 Å². The highest BCUT2D eigenvalue weighted by Gasteiger charge is 2.17. The largest absolute Gasteiger partial charge is 0.314 e. The van der Waals surface area contributed by atoms with Crippen molar-refractivity contribution in [1.82, 2.24) is 15.5 Å². The van der Waals surface area contributed by atoms with E-state index in [0.29, 0.717) is 0 Å². The molecule has 0 saturated carbocycles. The molecule has 0 amide bonds. The Morgan fingerprint density at radius 2 is 1.74 bits per heavy atom. The molecule has 0 saturated heterocycles. The molecule has 4 heteroatoms. The highest BCUT2D eigenvalue weighted by molar-refractivity contribution is 9.10. The van der Waals surface area contributed by atoms with E-state index in [1.54, 1.807) is 0 Å². The third-order valence-electron chi connectivity index (χ3n) is 3.73. The minimum absolute atomic E-state index is 0.774. The van der Waals surface area contributed by atoms with Crippen molar-refractivity contribution in [3.05, 3.63) is 38.5 Å². The lowest BCUT2D eigenvalue weighted by atomic mass is 9.92. The van der Waals surface area contributed by atoms with Crippen LogP contribution in [-0.4, -0.2) is 17.2 Å². The van der Waals surface area contributed by atoms with Crippen LogP contribution in [0.1, 0.15) is 27.9 Å². The molecule has 0 radical (unpaired) electrons. The second-order valence-corrected chi connectivity index (χ2v) is 5.82. The van der Waals surface area contributed by atoms with Crippen LogP contribution >= 0.6 is 15.9 Å². The molecule has 0 aliphatic carbocycles. The van der Waals surface area contributed by atoms with Crippen LogP contribution in [0.5, 0.6) is 0 Å². The van der Waals surface area contributed by atoms with Crippen molar-refractivity contribution < 1.29 is 0 Å². The molecule has 1 aromatic heterocycles. The Balaban J connectivity index is 2.65. The average molecular weight is 322 g/mol. The second-order valence-electron chi connectivity index (χ2n) is 5.03. The summed E-state index contributed by atoms with van der Waals surface area (Å²) < 4.78 is 1.05. The third kappa shape index (κ3) is 2.47. The fraction of sp³-hybridized carbons (Fsp3) is 0.400. The van der Waals surface area contributed by atoms with E-state index < -0.39 is 0 Å². The Kier molecular flexibility index (Phi) is 4.11. The zero-order valence-corrected chi connectivity index (χ0v) is 13.7. The van der Waals surface area contributed by atoms with Crippen LogP contribution < -0.4 is 5.32 Å². The first-order valence-electron chi connectivity index (χ1n) is 6.42. The number of aromatic nitrogens is 2. The molecular weight excluding hydrogens is 302 g/mol. The van der Waals surface area contributed by atoms with Gasteiger partial charge in [-0.05, 0) is 72.9 Å². The Bertz CT molecular complexity index is 588. The number of aryl methyl sites for hydroxylation is 2. The van der Waals surface area contributed by atoms with Crippen LogP contribution in [0, 0.1) is 27.7 Å². The SMILES string of the molecule is CNCc1[nH]nc(-c2c(C)c(C)cc(C)c2C)c1Br. The van der Waals surface area contributed by atoms with Crippen molar-refractivity contribution in [1.29, 1.82) is 0 Å². The molecule has 2 N–H and O–H groups in total. The van der Waals surface area contributed by atoms with E-state index in [1.165, 1.54) is 27.8 Å². The van der Waals surface area contributed by atoms with Gasteiger partial charge in [-0.25, -0.2) is 0 Å². The number of aromatic amines is 1. The lowest BCUT2D eigenvalue weighted by Crippen LogP contribution is -2.05. The maximum absolute atomic E-state index is 4.50. The zero-order chi connectivity index (χ0) is 14.2. The maximum Gasteiger partial charge on any atom is 0.107 e. The van der Waals surface area contributed by atoms with Gasteiger partial charge in [-0.15, -0.1) is 0 Å². The van der Waals surface area contributed by atoms with Gasteiger partial charge in [0.05, 0.1) is 10.2 Å². The molecule has 0 atom stereocenters. The minimum Gasteiger partial charge on any atom is -0.314 e. The number of hydrogen-bond acceptors (Lipinski definition) is 2. The summed E-state index contributed by atoms with van der Waals surface area (Å²) in [6, 6.07) is 2.24. The van der Waals surface area contributed by atoms with Crippen LogP contribution in [0.25, 0.3) is 11.3 Å². The quantitative estimate of drug-likeness (QED) is 0.902. The summed E-state index contributed by atoms with van der Waals surface area (Å²) in [5, 5.41) is 10.7. The topological polar surface area (TPSA) is 40.7 Å². The van der Waals surface area contributed by atoms with Crippen molar-refractivity contribution in [3.63, 3.8) is 0 Å². The summed E-state index contributed by atoms with van der Waals surface area (Å²) in [5.74, 6) is 0. The van der Waals surface area contributed by atoms with Gasteiger partial charge in [0.2, 0.25) is 0 Å². The van der Waals surface area contributed by atoms with Gasteiger partial charge in [-0.1, -0.05) is 6.07 Å². The standard InChI is InChI=1S/C15H20BrN3/c1-8-6-9(2)11(4)13(10(8)3)15-14(16)12(7-17-5)18-19-15/h6,17H,7H2,1-5H3,(H,18,19). The van der Waals surface area contributed by atoms with E-state index in [4.69, 9.17) is 0 Å². The summed E-state index contributed by atoms with van der Waals surface area (Å²) in [4.78, 5) is 0. The van der Waals surface area contributed by atoms with E-state index in [2.05, 4.69) is 65.2 Å². The number of hydrogen-bond donors (Lipinski definition) is 2. The third-order valence-corrected chi connectivity index (χ3v) is 4.59. The molecular formula is C15H20BrN3. The molecule has 0 fully saturated rings. The van der Waals surface area contributed by atoms with E-state index in [0.717, 1.165) is 22.4 Å². The minimum atomic E-state index is 0.774. The van der Waals surface area contributed by atoms with Crippen LogP contribution in [0.15, 0.2) is 10.5 Å². The summed E-state index contributed by atoms with van der Waals surface area (Å²) in [7, 11) is 1.93. The van der Waals surface area contributed by atoms with Gasteiger partial charge in [0.25, 0.3) is 0 Å². The van der Waals surface area contributed by atoms with Crippen molar-refractivity contribution in [2.24, 2.45) is 0 Å². The molecule has 2 aromatic rings. The molecule has 2 rings (SSSR count). The zero-order valence-electron chi connectivity index (χ0n) is 12.1. The van der Waals surface area contributed by atoms with E-state index in [9.17, 15) is 0 Å². The predicted octanol–water partition coefficient (Wildman–Crippen LogP) is 3.79. The van der Waals surface area contributed by atoms with Crippen molar-refractivity contribution in [2.45, 2.75) is 34.2 Å². The summed E-state index contributed by atoms with van der Waals surface area (Å²) in [5.41, 5.74) is 8.54. The number of halogens is 1. The second kappa shape index (κ2) is 5.47. The van der Waals surface area contributed by atoms with Gasteiger partial charge in [-0.2, -0.15) is 5.10 Å². The Labute approximate surface area is 122 Å². The molecule has 0 unspecified atom stereocenters. The first kappa shape index (κ1) is 14.3.